The highest BCUT2D eigenvalue weighted by atomic mass is 32.1. The van der Waals surface area contributed by atoms with Crippen LogP contribution in [0.3, 0.4) is 0 Å². The van der Waals surface area contributed by atoms with E-state index in [0.717, 1.165) is 10.6 Å². The second-order valence-electron chi connectivity index (χ2n) is 5.34. The van der Waals surface area contributed by atoms with E-state index in [9.17, 15) is 4.79 Å². The lowest BCUT2D eigenvalue weighted by Gasteiger charge is -2.22. The predicted octanol–water partition coefficient (Wildman–Crippen LogP) is 4.15. The first-order valence-electron chi connectivity index (χ1n) is 7.58. The molecule has 1 atom stereocenters. The molecule has 1 amide bonds. The zero-order chi connectivity index (χ0) is 16.9. The molecule has 1 aromatic carbocycles. The van der Waals surface area contributed by atoms with Gasteiger partial charge < -0.3 is 14.1 Å². The number of ether oxygens (including phenoxy) is 1. The van der Waals surface area contributed by atoms with Crippen LogP contribution in [0, 0.1) is 0 Å². The highest BCUT2D eigenvalue weighted by Gasteiger charge is 2.22. The number of benzene rings is 1. The summed E-state index contributed by atoms with van der Waals surface area (Å²) in [6, 6.07) is 13.4. The summed E-state index contributed by atoms with van der Waals surface area (Å²) < 4.78 is 10.9. The van der Waals surface area contributed by atoms with Crippen LogP contribution in [0.1, 0.15) is 34.2 Å². The van der Waals surface area contributed by atoms with Crippen LogP contribution in [-0.4, -0.2) is 22.8 Å². The van der Waals surface area contributed by atoms with Gasteiger partial charge >= 0.3 is 0 Å². The number of hydrogen-bond acceptors (Lipinski definition) is 5. The molecule has 2 heterocycles. The molecule has 0 bridgehead atoms. The SMILES string of the molecule is C[C@H](c1cccs1)N(C)C(=O)c1coc(COc2ccccc2)n1. The minimum absolute atomic E-state index is 0.0155. The van der Waals surface area contributed by atoms with Gasteiger partial charge in [0.05, 0.1) is 6.04 Å². The molecule has 0 N–H and O–H groups in total. The fourth-order valence-electron chi connectivity index (χ4n) is 2.21. The van der Waals surface area contributed by atoms with E-state index in [0.29, 0.717) is 5.89 Å². The lowest BCUT2D eigenvalue weighted by atomic mass is 10.2. The highest BCUT2D eigenvalue weighted by Crippen LogP contribution is 2.24. The first-order valence-corrected chi connectivity index (χ1v) is 8.46. The van der Waals surface area contributed by atoms with Gasteiger partial charge in [-0.1, -0.05) is 24.3 Å². The third-order valence-corrected chi connectivity index (χ3v) is 4.78. The molecule has 24 heavy (non-hydrogen) atoms. The molecule has 0 radical (unpaired) electrons. The summed E-state index contributed by atoms with van der Waals surface area (Å²) >= 11 is 1.63. The number of rotatable bonds is 6. The molecule has 5 nitrogen and oxygen atoms in total. The summed E-state index contributed by atoms with van der Waals surface area (Å²) in [7, 11) is 1.77. The van der Waals surface area contributed by atoms with Gasteiger partial charge in [-0.3, -0.25) is 4.79 Å². The Kier molecular flexibility index (Phi) is 4.96. The zero-order valence-corrected chi connectivity index (χ0v) is 14.3. The van der Waals surface area contributed by atoms with Crippen molar-refractivity contribution in [1.29, 1.82) is 0 Å². The van der Waals surface area contributed by atoms with Gasteiger partial charge in [-0.2, -0.15) is 0 Å². The second-order valence-corrected chi connectivity index (χ2v) is 6.31. The Morgan fingerprint density at radius 3 is 2.79 bits per heavy atom. The molecule has 0 unspecified atom stereocenters. The Labute approximate surface area is 144 Å². The number of nitrogens with zero attached hydrogens (tertiary/aromatic N) is 2. The summed E-state index contributed by atoms with van der Waals surface area (Å²) in [5.41, 5.74) is 0.285. The third kappa shape index (κ3) is 3.65. The van der Waals surface area contributed by atoms with E-state index < -0.39 is 0 Å². The van der Waals surface area contributed by atoms with Crippen molar-refractivity contribution in [3.63, 3.8) is 0 Å². The van der Waals surface area contributed by atoms with Crippen molar-refractivity contribution < 1.29 is 13.9 Å². The van der Waals surface area contributed by atoms with Gasteiger partial charge in [0.2, 0.25) is 5.89 Å². The van der Waals surface area contributed by atoms with E-state index in [2.05, 4.69) is 4.98 Å². The lowest BCUT2D eigenvalue weighted by molar-refractivity contribution is 0.0739. The maximum Gasteiger partial charge on any atom is 0.276 e. The quantitative estimate of drug-likeness (QED) is 0.675. The van der Waals surface area contributed by atoms with E-state index in [-0.39, 0.29) is 24.2 Å². The topological polar surface area (TPSA) is 55.6 Å². The normalized spacial score (nSPS) is 11.9. The van der Waals surface area contributed by atoms with Gasteiger partial charge in [0.25, 0.3) is 5.91 Å². The molecule has 0 saturated heterocycles. The fraction of sp³-hybridized carbons (Fsp3) is 0.222. The molecular formula is C18H18N2O3S. The molecule has 0 aliphatic carbocycles. The standard InChI is InChI=1S/C18H18N2O3S/c1-13(16-9-6-10-24-16)20(2)18(21)15-11-23-17(19-15)12-22-14-7-4-3-5-8-14/h3-11,13H,12H2,1-2H3/t13-/m1/s1. The second kappa shape index (κ2) is 7.31. The minimum Gasteiger partial charge on any atom is -0.484 e. The number of para-hydroxylation sites is 1. The zero-order valence-electron chi connectivity index (χ0n) is 13.5. The van der Waals surface area contributed by atoms with Crippen LogP contribution in [0.2, 0.25) is 0 Å². The number of oxazole rings is 1. The van der Waals surface area contributed by atoms with Crippen molar-refractivity contribution in [1.82, 2.24) is 9.88 Å². The van der Waals surface area contributed by atoms with Crippen molar-refractivity contribution in [2.75, 3.05) is 7.05 Å². The first kappa shape index (κ1) is 16.3. The summed E-state index contributed by atoms with van der Waals surface area (Å²) in [4.78, 5) is 19.6. The summed E-state index contributed by atoms with van der Waals surface area (Å²) in [6.07, 6.45) is 1.38. The molecule has 0 fully saturated rings. The van der Waals surface area contributed by atoms with Crippen LogP contribution in [-0.2, 0) is 6.61 Å². The summed E-state index contributed by atoms with van der Waals surface area (Å²) in [6.45, 7) is 2.17. The molecule has 6 heteroatoms. The van der Waals surface area contributed by atoms with Crippen LogP contribution in [0.15, 0.2) is 58.5 Å². The Hall–Kier alpha value is -2.60. The summed E-state index contributed by atoms with van der Waals surface area (Å²) in [5.74, 6) is 0.928. The number of thiophene rings is 1. The first-order chi connectivity index (χ1) is 11.6. The van der Waals surface area contributed by atoms with E-state index in [4.69, 9.17) is 9.15 Å². The molecule has 0 aliphatic heterocycles. The van der Waals surface area contributed by atoms with Crippen LogP contribution in [0.5, 0.6) is 5.75 Å². The third-order valence-electron chi connectivity index (χ3n) is 3.73. The Morgan fingerprint density at radius 1 is 1.29 bits per heavy atom. The fourth-order valence-corrected chi connectivity index (χ4v) is 3.04. The average molecular weight is 342 g/mol. The maximum atomic E-state index is 12.5. The molecule has 124 valence electrons. The number of hydrogen-bond donors (Lipinski definition) is 0. The largest absolute Gasteiger partial charge is 0.484 e. The monoisotopic (exact) mass is 342 g/mol. The Morgan fingerprint density at radius 2 is 2.08 bits per heavy atom. The Balaban J connectivity index is 1.63. The summed E-state index contributed by atoms with van der Waals surface area (Å²) in [5, 5.41) is 2.00. The van der Waals surface area contributed by atoms with E-state index in [1.807, 2.05) is 54.8 Å². The molecule has 3 rings (SSSR count). The van der Waals surface area contributed by atoms with Gasteiger partial charge in [0.1, 0.15) is 12.0 Å². The molecule has 0 spiro atoms. The number of amides is 1. The average Bonchev–Trinajstić information content (AvgIpc) is 3.30. The highest BCUT2D eigenvalue weighted by molar-refractivity contribution is 7.10. The van der Waals surface area contributed by atoms with Gasteiger partial charge in [-0.15, -0.1) is 11.3 Å². The van der Waals surface area contributed by atoms with Crippen molar-refractivity contribution in [2.45, 2.75) is 19.6 Å². The predicted molar refractivity (Wildman–Crippen MR) is 92.1 cm³/mol. The van der Waals surface area contributed by atoms with Crippen LogP contribution < -0.4 is 4.74 Å². The van der Waals surface area contributed by atoms with Crippen LogP contribution in [0.4, 0.5) is 0 Å². The Bertz CT molecular complexity index is 784. The van der Waals surface area contributed by atoms with Gasteiger partial charge in [0, 0.05) is 11.9 Å². The van der Waals surface area contributed by atoms with E-state index in [1.54, 1.807) is 23.3 Å². The van der Waals surface area contributed by atoms with E-state index >= 15 is 0 Å². The number of carbonyl (C=O) groups is 1. The van der Waals surface area contributed by atoms with E-state index in [1.165, 1.54) is 6.26 Å². The smallest absolute Gasteiger partial charge is 0.276 e. The minimum atomic E-state index is -0.175. The number of aromatic nitrogens is 1. The van der Waals surface area contributed by atoms with Crippen LogP contribution >= 0.6 is 11.3 Å². The molecule has 2 aromatic heterocycles. The van der Waals surface area contributed by atoms with Crippen LogP contribution in [0.25, 0.3) is 0 Å². The maximum absolute atomic E-state index is 12.5. The molecule has 3 aromatic rings. The lowest BCUT2D eigenvalue weighted by Crippen LogP contribution is -2.29. The van der Waals surface area contributed by atoms with Crippen molar-refractivity contribution >= 4 is 17.2 Å². The number of carbonyl (C=O) groups excluding carboxylic acids is 1. The van der Waals surface area contributed by atoms with Gasteiger partial charge in [-0.05, 0) is 30.5 Å². The molecule has 0 saturated carbocycles. The molecular weight excluding hydrogens is 324 g/mol. The van der Waals surface area contributed by atoms with Gasteiger partial charge in [-0.25, -0.2) is 4.98 Å². The van der Waals surface area contributed by atoms with Crippen molar-refractivity contribution in [3.05, 3.63) is 70.6 Å². The van der Waals surface area contributed by atoms with Crippen molar-refractivity contribution in [2.24, 2.45) is 0 Å². The molecule has 0 aliphatic rings. The van der Waals surface area contributed by atoms with Crippen molar-refractivity contribution in [3.8, 4) is 5.75 Å². The van der Waals surface area contributed by atoms with Gasteiger partial charge in [0.15, 0.2) is 12.3 Å².